The summed E-state index contributed by atoms with van der Waals surface area (Å²) >= 11 is 1.59. The minimum Gasteiger partial charge on any atom is -0.330 e. The van der Waals surface area contributed by atoms with Crippen LogP contribution in [0.5, 0.6) is 0 Å². The van der Waals surface area contributed by atoms with Crippen LogP contribution < -0.4 is 5.73 Å². The predicted molar refractivity (Wildman–Crippen MR) is 78.8 cm³/mol. The van der Waals surface area contributed by atoms with Gasteiger partial charge in [-0.15, -0.1) is 10.2 Å². The van der Waals surface area contributed by atoms with Gasteiger partial charge in [-0.05, 0) is 37.4 Å². The van der Waals surface area contributed by atoms with Gasteiger partial charge in [0.1, 0.15) is 5.01 Å². The van der Waals surface area contributed by atoms with Crippen molar-refractivity contribution in [3.05, 3.63) is 35.7 Å². The maximum absolute atomic E-state index is 5.62. The van der Waals surface area contributed by atoms with E-state index < -0.39 is 0 Å². The molecule has 0 aliphatic heterocycles. The molecule has 0 bridgehead atoms. The van der Waals surface area contributed by atoms with E-state index in [9.17, 15) is 0 Å². The average molecular weight is 285 g/mol. The van der Waals surface area contributed by atoms with Gasteiger partial charge in [0.05, 0.1) is 0 Å². The molecule has 2 aromatic heterocycles. The lowest BCUT2D eigenvalue weighted by Crippen LogP contribution is -2.02. The highest BCUT2D eigenvalue weighted by molar-refractivity contribution is 7.19. The molecule has 102 valence electrons. The normalized spacial score (nSPS) is 15.1. The van der Waals surface area contributed by atoms with Gasteiger partial charge >= 0.3 is 0 Å². The van der Waals surface area contributed by atoms with Crippen molar-refractivity contribution >= 4 is 16.3 Å². The fourth-order valence-corrected chi connectivity index (χ4v) is 3.21. The van der Waals surface area contributed by atoms with Crippen LogP contribution in [0.2, 0.25) is 0 Å². The number of hydrogen-bond acceptors (Lipinski definition) is 5. The molecule has 0 amide bonds. The molecule has 1 aliphatic carbocycles. The van der Waals surface area contributed by atoms with E-state index in [4.69, 9.17) is 5.73 Å². The van der Waals surface area contributed by atoms with Crippen molar-refractivity contribution in [2.75, 3.05) is 6.54 Å². The van der Waals surface area contributed by atoms with Crippen LogP contribution in [-0.2, 0) is 6.42 Å². The molecule has 5 nitrogen and oxygen atoms in total. The van der Waals surface area contributed by atoms with Crippen LogP contribution >= 0.6 is 11.3 Å². The van der Waals surface area contributed by atoms with E-state index in [-0.39, 0.29) is 0 Å². The molecule has 1 fully saturated rings. The summed E-state index contributed by atoms with van der Waals surface area (Å²) in [5, 5.41) is 14.2. The van der Waals surface area contributed by atoms with Gasteiger partial charge in [0.15, 0.2) is 5.82 Å². The lowest BCUT2D eigenvalue weighted by Gasteiger charge is -2.01. The molecule has 1 aromatic carbocycles. The first kappa shape index (κ1) is 12.0. The van der Waals surface area contributed by atoms with Crippen molar-refractivity contribution in [3.8, 4) is 10.6 Å². The van der Waals surface area contributed by atoms with Crippen molar-refractivity contribution in [2.24, 2.45) is 5.73 Å². The lowest BCUT2D eigenvalue weighted by molar-refractivity contribution is 0.828. The molecule has 2 N–H and O–H groups in total. The van der Waals surface area contributed by atoms with Gasteiger partial charge in [0, 0.05) is 11.5 Å². The van der Waals surface area contributed by atoms with E-state index in [0.29, 0.717) is 12.5 Å². The molecule has 6 heteroatoms. The van der Waals surface area contributed by atoms with Crippen LogP contribution in [0.15, 0.2) is 24.3 Å². The number of nitrogens with zero attached hydrogens (tertiary/aromatic N) is 4. The molecule has 0 atom stereocenters. The predicted octanol–water partition coefficient (Wildman–Crippen LogP) is 2.23. The second-order valence-corrected chi connectivity index (χ2v) is 6.13. The molecule has 2 heterocycles. The van der Waals surface area contributed by atoms with Gasteiger partial charge in [-0.3, -0.25) is 0 Å². The van der Waals surface area contributed by atoms with Gasteiger partial charge in [0.2, 0.25) is 4.96 Å². The van der Waals surface area contributed by atoms with Gasteiger partial charge in [0.25, 0.3) is 0 Å². The van der Waals surface area contributed by atoms with Crippen molar-refractivity contribution in [3.63, 3.8) is 0 Å². The van der Waals surface area contributed by atoms with E-state index in [2.05, 4.69) is 39.6 Å². The molecule has 1 saturated carbocycles. The number of fused-ring (bicyclic) bond motifs is 1. The molecule has 0 unspecified atom stereocenters. The fraction of sp³-hybridized carbons (Fsp3) is 0.357. The summed E-state index contributed by atoms with van der Waals surface area (Å²) < 4.78 is 1.91. The summed E-state index contributed by atoms with van der Waals surface area (Å²) in [6.07, 6.45) is 3.31. The maximum atomic E-state index is 5.62. The Bertz CT molecular complexity index is 756. The number of hydrogen-bond donors (Lipinski definition) is 1. The SMILES string of the molecule is NCCc1cccc(-c2nn3c(C4CC4)nnc3s2)c1. The quantitative estimate of drug-likeness (QED) is 0.798. The summed E-state index contributed by atoms with van der Waals surface area (Å²) in [5.74, 6) is 1.57. The van der Waals surface area contributed by atoms with Crippen molar-refractivity contribution in [1.29, 1.82) is 0 Å². The Labute approximate surface area is 120 Å². The highest BCUT2D eigenvalue weighted by Crippen LogP contribution is 2.39. The summed E-state index contributed by atoms with van der Waals surface area (Å²) in [5.41, 5.74) is 8.00. The topological polar surface area (TPSA) is 69.1 Å². The highest BCUT2D eigenvalue weighted by atomic mass is 32.1. The Morgan fingerprint density at radius 2 is 2.20 bits per heavy atom. The Morgan fingerprint density at radius 3 is 3.00 bits per heavy atom. The Hall–Kier alpha value is -1.79. The first-order valence-corrected chi connectivity index (χ1v) is 7.68. The van der Waals surface area contributed by atoms with Crippen molar-refractivity contribution < 1.29 is 0 Å². The molecular weight excluding hydrogens is 270 g/mol. The van der Waals surface area contributed by atoms with Crippen LogP contribution in [0, 0.1) is 0 Å². The largest absolute Gasteiger partial charge is 0.330 e. The zero-order valence-corrected chi connectivity index (χ0v) is 11.8. The number of aromatic nitrogens is 4. The van der Waals surface area contributed by atoms with Crippen LogP contribution in [0.4, 0.5) is 0 Å². The van der Waals surface area contributed by atoms with Gasteiger partial charge < -0.3 is 5.73 Å². The Morgan fingerprint density at radius 1 is 1.30 bits per heavy atom. The number of benzene rings is 1. The van der Waals surface area contributed by atoms with Crippen LogP contribution in [0.25, 0.3) is 15.5 Å². The van der Waals surface area contributed by atoms with E-state index >= 15 is 0 Å². The second kappa shape index (κ2) is 4.64. The minimum absolute atomic E-state index is 0.559. The maximum Gasteiger partial charge on any atom is 0.234 e. The van der Waals surface area contributed by atoms with Crippen LogP contribution in [0.3, 0.4) is 0 Å². The van der Waals surface area contributed by atoms with E-state index in [1.807, 2.05) is 4.52 Å². The molecule has 0 spiro atoms. The zero-order valence-electron chi connectivity index (χ0n) is 11.0. The third kappa shape index (κ3) is 2.01. The second-order valence-electron chi connectivity index (χ2n) is 5.17. The molecular formula is C14H15N5S. The molecule has 0 radical (unpaired) electrons. The number of nitrogens with two attached hydrogens (primary N) is 1. The molecule has 4 rings (SSSR count). The first-order valence-electron chi connectivity index (χ1n) is 6.86. The monoisotopic (exact) mass is 285 g/mol. The molecule has 3 aromatic rings. The van der Waals surface area contributed by atoms with Crippen LogP contribution in [-0.4, -0.2) is 26.4 Å². The first-order chi connectivity index (χ1) is 9.85. The molecule has 1 aliphatic rings. The Kier molecular flexibility index (Phi) is 2.78. The third-order valence-corrected chi connectivity index (χ3v) is 4.51. The summed E-state index contributed by atoms with van der Waals surface area (Å²) in [6.45, 7) is 0.667. The van der Waals surface area contributed by atoms with E-state index in [1.54, 1.807) is 11.3 Å². The summed E-state index contributed by atoms with van der Waals surface area (Å²) in [7, 11) is 0. The van der Waals surface area contributed by atoms with Crippen LogP contribution in [0.1, 0.15) is 30.1 Å². The average Bonchev–Trinajstić information content (AvgIpc) is 3.08. The summed E-state index contributed by atoms with van der Waals surface area (Å²) in [6, 6.07) is 8.41. The van der Waals surface area contributed by atoms with Gasteiger partial charge in [-0.1, -0.05) is 29.5 Å². The molecule has 20 heavy (non-hydrogen) atoms. The van der Waals surface area contributed by atoms with Gasteiger partial charge in [-0.25, -0.2) is 0 Å². The highest BCUT2D eigenvalue weighted by Gasteiger charge is 2.30. The third-order valence-electron chi connectivity index (χ3n) is 3.56. The Balaban J connectivity index is 1.75. The lowest BCUT2D eigenvalue weighted by atomic mass is 10.1. The standard InChI is InChI=1S/C14H15N5S/c15-7-6-9-2-1-3-11(8-9)13-18-19-12(10-4-5-10)16-17-14(19)20-13/h1-3,8,10H,4-7,15H2. The smallest absolute Gasteiger partial charge is 0.234 e. The van der Waals surface area contributed by atoms with Gasteiger partial charge in [-0.2, -0.15) is 9.61 Å². The number of rotatable bonds is 4. The van der Waals surface area contributed by atoms with E-state index in [0.717, 1.165) is 27.8 Å². The fourth-order valence-electron chi connectivity index (χ4n) is 2.37. The van der Waals surface area contributed by atoms with E-state index in [1.165, 1.54) is 18.4 Å². The zero-order chi connectivity index (χ0) is 13.5. The van der Waals surface area contributed by atoms with Crippen molar-refractivity contribution in [2.45, 2.75) is 25.2 Å². The minimum atomic E-state index is 0.559. The molecule has 0 saturated heterocycles. The summed E-state index contributed by atoms with van der Waals surface area (Å²) in [4.78, 5) is 0.881. The van der Waals surface area contributed by atoms with Crippen molar-refractivity contribution in [1.82, 2.24) is 19.8 Å².